The summed E-state index contributed by atoms with van der Waals surface area (Å²) in [6.45, 7) is 7.76. The van der Waals surface area contributed by atoms with Crippen molar-refractivity contribution in [3.8, 4) is 0 Å². The van der Waals surface area contributed by atoms with Crippen LogP contribution in [0.2, 0.25) is 0 Å². The van der Waals surface area contributed by atoms with Gasteiger partial charge in [0.15, 0.2) is 0 Å². The largest absolute Gasteiger partial charge is 0.466 e. The van der Waals surface area contributed by atoms with E-state index < -0.39 is 0 Å². The molecule has 0 unspecified atom stereocenters. The fraction of sp³-hybridized carbons (Fsp3) is 0.917. The molecule has 0 N–H and O–H groups in total. The Morgan fingerprint density at radius 1 is 0.607 bits per heavy atom. The Kier molecular flexibility index (Phi) is 19.9. The van der Waals surface area contributed by atoms with Crippen LogP contribution in [0.15, 0.2) is 0 Å². The lowest BCUT2D eigenvalue weighted by molar-refractivity contribution is -0.146. The van der Waals surface area contributed by atoms with Crippen LogP contribution in [0, 0.1) is 5.92 Å². The molecular formula is C24H46O4. The number of hydrogen-bond donors (Lipinski definition) is 0. The van der Waals surface area contributed by atoms with Gasteiger partial charge in [0.1, 0.15) is 0 Å². The second kappa shape index (κ2) is 20.7. The molecule has 0 aromatic rings. The molecule has 0 aromatic heterocycles. The van der Waals surface area contributed by atoms with Gasteiger partial charge in [0.05, 0.1) is 13.2 Å². The van der Waals surface area contributed by atoms with Gasteiger partial charge in [-0.05, 0) is 31.6 Å². The highest BCUT2D eigenvalue weighted by Gasteiger charge is 2.06. The predicted molar refractivity (Wildman–Crippen MR) is 116 cm³/mol. The second-order valence-electron chi connectivity index (χ2n) is 8.37. The standard InChI is InChI=1S/C24H46O4/c1-4-5-15-20-27-23(25)18-13-14-19-24(26)28-21-16-11-9-7-6-8-10-12-17-22(2)3/h22H,4-21H2,1-3H3. The summed E-state index contributed by atoms with van der Waals surface area (Å²) in [5.74, 6) is 0.547. The summed E-state index contributed by atoms with van der Waals surface area (Å²) in [4.78, 5) is 23.2. The minimum absolute atomic E-state index is 0.138. The number of rotatable bonds is 20. The first-order chi connectivity index (χ1) is 13.6. The molecule has 0 atom stereocenters. The summed E-state index contributed by atoms with van der Waals surface area (Å²) in [5.41, 5.74) is 0. The van der Waals surface area contributed by atoms with E-state index in [1.807, 2.05) is 0 Å². The van der Waals surface area contributed by atoms with E-state index in [1.165, 1.54) is 44.9 Å². The molecule has 0 saturated carbocycles. The molecule has 0 aliphatic heterocycles. The number of carbonyl (C=O) groups excluding carboxylic acids is 2. The van der Waals surface area contributed by atoms with Gasteiger partial charge in [-0.25, -0.2) is 0 Å². The molecule has 28 heavy (non-hydrogen) atoms. The fourth-order valence-corrected chi connectivity index (χ4v) is 3.12. The van der Waals surface area contributed by atoms with Crippen LogP contribution in [0.3, 0.4) is 0 Å². The van der Waals surface area contributed by atoms with Crippen LogP contribution in [0.25, 0.3) is 0 Å². The zero-order valence-corrected chi connectivity index (χ0v) is 18.9. The predicted octanol–water partition coefficient (Wildman–Crippen LogP) is 6.99. The van der Waals surface area contributed by atoms with Crippen LogP contribution in [0.4, 0.5) is 0 Å². The number of hydrogen-bond acceptors (Lipinski definition) is 4. The van der Waals surface area contributed by atoms with Gasteiger partial charge in [-0.15, -0.1) is 0 Å². The quantitative estimate of drug-likeness (QED) is 0.164. The highest BCUT2D eigenvalue weighted by molar-refractivity contribution is 5.70. The lowest BCUT2D eigenvalue weighted by Gasteiger charge is -2.06. The molecule has 0 radical (unpaired) electrons. The smallest absolute Gasteiger partial charge is 0.305 e. The van der Waals surface area contributed by atoms with Crippen LogP contribution in [-0.4, -0.2) is 25.2 Å². The maximum absolute atomic E-state index is 11.7. The zero-order valence-electron chi connectivity index (χ0n) is 18.9. The molecule has 0 spiro atoms. The third kappa shape index (κ3) is 21.2. The van der Waals surface area contributed by atoms with Crippen LogP contribution in [-0.2, 0) is 19.1 Å². The van der Waals surface area contributed by atoms with E-state index in [9.17, 15) is 9.59 Å². The third-order valence-corrected chi connectivity index (χ3v) is 4.96. The molecule has 0 aliphatic carbocycles. The summed E-state index contributed by atoms with van der Waals surface area (Å²) in [6.07, 6.45) is 16.8. The monoisotopic (exact) mass is 398 g/mol. The lowest BCUT2D eigenvalue weighted by Crippen LogP contribution is -2.08. The molecule has 166 valence electrons. The highest BCUT2D eigenvalue weighted by Crippen LogP contribution is 2.12. The Hall–Kier alpha value is -1.06. The number of esters is 2. The Morgan fingerprint density at radius 3 is 1.50 bits per heavy atom. The van der Waals surface area contributed by atoms with Crippen LogP contribution >= 0.6 is 0 Å². The topological polar surface area (TPSA) is 52.6 Å². The molecule has 0 rings (SSSR count). The Labute approximate surface area is 174 Å². The van der Waals surface area contributed by atoms with Crippen molar-refractivity contribution in [1.29, 1.82) is 0 Å². The van der Waals surface area contributed by atoms with Crippen LogP contribution in [0.1, 0.15) is 124 Å². The number of ether oxygens (including phenoxy) is 2. The highest BCUT2D eigenvalue weighted by atomic mass is 16.5. The summed E-state index contributed by atoms with van der Waals surface area (Å²) < 4.78 is 10.4. The van der Waals surface area contributed by atoms with Gasteiger partial charge in [0.2, 0.25) is 0 Å². The van der Waals surface area contributed by atoms with E-state index in [0.717, 1.165) is 38.0 Å². The summed E-state index contributed by atoms with van der Waals surface area (Å²) in [7, 11) is 0. The van der Waals surface area contributed by atoms with Gasteiger partial charge in [-0.1, -0.05) is 85.0 Å². The molecule has 0 saturated heterocycles. The number of unbranched alkanes of at least 4 members (excludes halogenated alkanes) is 10. The van der Waals surface area contributed by atoms with Crippen molar-refractivity contribution < 1.29 is 19.1 Å². The molecule has 4 heteroatoms. The lowest BCUT2D eigenvalue weighted by atomic mass is 10.0. The average Bonchev–Trinajstić information content (AvgIpc) is 2.66. The van der Waals surface area contributed by atoms with Gasteiger partial charge in [0.25, 0.3) is 0 Å². The van der Waals surface area contributed by atoms with Crippen molar-refractivity contribution in [2.24, 2.45) is 5.92 Å². The van der Waals surface area contributed by atoms with Crippen molar-refractivity contribution in [1.82, 2.24) is 0 Å². The van der Waals surface area contributed by atoms with Crippen molar-refractivity contribution >= 4 is 11.9 Å². The number of carbonyl (C=O) groups is 2. The van der Waals surface area contributed by atoms with Gasteiger partial charge < -0.3 is 9.47 Å². The summed E-state index contributed by atoms with van der Waals surface area (Å²) >= 11 is 0. The second-order valence-corrected chi connectivity index (χ2v) is 8.37. The SMILES string of the molecule is CCCCCOC(=O)CCCCC(=O)OCCCCCCCCCCC(C)C. The normalized spacial score (nSPS) is 11.0. The first-order valence-corrected chi connectivity index (χ1v) is 11.9. The van der Waals surface area contributed by atoms with Crippen molar-refractivity contribution in [3.63, 3.8) is 0 Å². The first kappa shape index (κ1) is 26.9. The van der Waals surface area contributed by atoms with Gasteiger partial charge in [-0.3, -0.25) is 9.59 Å². The molecule has 0 bridgehead atoms. The first-order valence-electron chi connectivity index (χ1n) is 11.9. The zero-order chi connectivity index (χ0) is 20.9. The van der Waals surface area contributed by atoms with Crippen LogP contribution in [0.5, 0.6) is 0 Å². The van der Waals surface area contributed by atoms with Crippen LogP contribution < -0.4 is 0 Å². The molecular weight excluding hydrogens is 352 g/mol. The molecule has 0 heterocycles. The van der Waals surface area contributed by atoms with Crippen molar-refractivity contribution in [2.75, 3.05) is 13.2 Å². The maximum Gasteiger partial charge on any atom is 0.305 e. The van der Waals surface area contributed by atoms with Gasteiger partial charge in [-0.2, -0.15) is 0 Å². The van der Waals surface area contributed by atoms with E-state index in [4.69, 9.17) is 9.47 Å². The molecule has 0 amide bonds. The van der Waals surface area contributed by atoms with E-state index in [1.54, 1.807) is 0 Å². The minimum Gasteiger partial charge on any atom is -0.466 e. The summed E-state index contributed by atoms with van der Waals surface area (Å²) in [5, 5.41) is 0. The fourth-order valence-electron chi connectivity index (χ4n) is 3.12. The van der Waals surface area contributed by atoms with Crippen molar-refractivity contribution in [2.45, 2.75) is 124 Å². The minimum atomic E-state index is -0.149. The third-order valence-electron chi connectivity index (χ3n) is 4.96. The Balaban J connectivity index is 3.28. The van der Waals surface area contributed by atoms with E-state index >= 15 is 0 Å². The molecule has 0 fully saturated rings. The molecule has 0 aromatic carbocycles. The van der Waals surface area contributed by atoms with Gasteiger partial charge in [0, 0.05) is 12.8 Å². The van der Waals surface area contributed by atoms with E-state index in [2.05, 4.69) is 20.8 Å². The molecule has 4 nitrogen and oxygen atoms in total. The maximum atomic E-state index is 11.7. The Bertz CT molecular complexity index is 366. The van der Waals surface area contributed by atoms with Crippen molar-refractivity contribution in [3.05, 3.63) is 0 Å². The Morgan fingerprint density at radius 2 is 1.04 bits per heavy atom. The molecule has 0 aliphatic rings. The summed E-state index contributed by atoms with van der Waals surface area (Å²) in [6, 6.07) is 0. The van der Waals surface area contributed by atoms with Gasteiger partial charge >= 0.3 is 11.9 Å². The average molecular weight is 399 g/mol. The van der Waals surface area contributed by atoms with E-state index in [0.29, 0.717) is 38.9 Å². The van der Waals surface area contributed by atoms with E-state index in [-0.39, 0.29) is 11.9 Å².